The summed E-state index contributed by atoms with van der Waals surface area (Å²) in [5.74, 6) is -0.340. The lowest BCUT2D eigenvalue weighted by Gasteiger charge is -2.32. The van der Waals surface area contributed by atoms with Crippen LogP contribution in [0.2, 0.25) is 5.02 Å². The highest BCUT2D eigenvalue weighted by atomic mass is 35.5. The minimum Gasteiger partial charge on any atom is -0.507 e. The first-order valence-corrected chi connectivity index (χ1v) is 6.41. The summed E-state index contributed by atoms with van der Waals surface area (Å²) >= 11 is 5.68. The van der Waals surface area contributed by atoms with Gasteiger partial charge in [-0.05, 0) is 19.9 Å². The third kappa shape index (κ3) is 2.75. The molecule has 1 unspecified atom stereocenters. The van der Waals surface area contributed by atoms with Crippen LogP contribution in [0.25, 0.3) is 0 Å². The number of rotatable bonds is 2. The Morgan fingerprint density at radius 2 is 2.05 bits per heavy atom. The van der Waals surface area contributed by atoms with Crippen molar-refractivity contribution in [3.63, 3.8) is 0 Å². The molecule has 0 aliphatic carbocycles. The van der Waals surface area contributed by atoms with E-state index >= 15 is 0 Å². The van der Waals surface area contributed by atoms with E-state index in [9.17, 15) is 9.90 Å². The third-order valence-electron chi connectivity index (χ3n) is 3.27. The number of likely N-dealkylation sites (N-methyl/N-ethyl adjacent to an activating group) is 1. The van der Waals surface area contributed by atoms with Crippen molar-refractivity contribution in [1.82, 2.24) is 14.9 Å². The molecule has 1 atom stereocenters. The van der Waals surface area contributed by atoms with Crippen LogP contribution in [0.15, 0.2) is 35.5 Å². The molecular formula is C13H15ClN4O2. The topological polar surface area (TPSA) is 78.3 Å². The van der Waals surface area contributed by atoms with E-state index in [0.29, 0.717) is 5.02 Å². The van der Waals surface area contributed by atoms with Gasteiger partial charge in [-0.25, -0.2) is 9.97 Å². The first-order chi connectivity index (χ1) is 9.40. The van der Waals surface area contributed by atoms with Crippen LogP contribution in [0.5, 0.6) is 0 Å². The van der Waals surface area contributed by atoms with Gasteiger partial charge < -0.3 is 10.0 Å². The first kappa shape index (κ1) is 14.3. The molecule has 106 valence electrons. The van der Waals surface area contributed by atoms with Crippen LogP contribution in [-0.4, -0.2) is 39.0 Å². The highest BCUT2D eigenvalue weighted by Gasteiger charge is 2.28. The summed E-state index contributed by atoms with van der Waals surface area (Å²) in [6.45, 7) is 3.70. The van der Waals surface area contributed by atoms with Gasteiger partial charge in [-0.3, -0.25) is 10.1 Å². The molecule has 7 heteroatoms. The Morgan fingerprint density at radius 3 is 2.65 bits per heavy atom. The van der Waals surface area contributed by atoms with Crippen LogP contribution in [0.3, 0.4) is 0 Å². The van der Waals surface area contributed by atoms with Gasteiger partial charge in [0.05, 0.1) is 29.0 Å². The first-order valence-electron chi connectivity index (χ1n) is 6.03. The van der Waals surface area contributed by atoms with E-state index in [0.717, 1.165) is 5.70 Å². The Kier molecular flexibility index (Phi) is 3.94. The van der Waals surface area contributed by atoms with E-state index < -0.39 is 5.91 Å². The summed E-state index contributed by atoms with van der Waals surface area (Å²) in [6, 6.07) is -0.243. The van der Waals surface area contributed by atoms with E-state index in [2.05, 4.69) is 15.3 Å². The lowest BCUT2D eigenvalue weighted by atomic mass is 10.0. The maximum absolute atomic E-state index is 12.2. The van der Waals surface area contributed by atoms with Crippen molar-refractivity contribution in [1.29, 1.82) is 0 Å². The molecule has 20 heavy (non-hydrogen) atoms. The van der Waals surface area contributed by atoms with Gasteiger partial charge in [-0.15, -0.1) is 0 Å². The SMILES string of the molecule is CC1=CC(O)=C(C(=O)Nc2ncc(Cl)cn2)C(C)N1C. The van der Waals surface area contributed by atoms with Crippen molar-refractivity contribution in [2.45, 2.75) is 19.9 Å². The Labute approximate surface area is 121 Å². The van der Waals surface area contributed by atoms with Gasteiger partial charge in [0.15, 0.2) is 0 Å². The molecule has 0 radical (unpaired) electrons. The molecule has 2 rings (SSSR count). The highest BCUT2D eigenvalue weighted by Crippen LogP contribution is 2.24. The summed E-state index contributed by atoms with van der Waals surface area (Å²) in [5, 5.41) is 12.9. The van der Waals surface area contributed by atoms with Gasteiger partial charge in [-0.1, -0.05) is 11.6 Å². The number of aromatic nitrogens is 2. The van der Waals surface area contributed by atoms with Crippen molar-refractivity contribution < 1.29 is 9.90 Å². The summed E-state index contributed by atoms with van der Waals surface area (Å²) in [4.78, 5) is 21.9. The zero-order valence-corrected chi connectivity index (χ0v) is 12.1. The lowest BCUT2D eigenvalue weighted by molar-refractivity contribution is -0.113. The van der Waals surface area contributed by atoms with E-state index in [4.69, 9.17) is 11.6 Å². The average Bonchev–Trinajstić information content (AvgIpc) is 2.39. The fourth-order valence-corrected chi connectivity index (χ4v) is 2.04. The second-order valence-electron chi connectivity index (χ2n) is 4.55. The number of nitrogens with one attached hydrogen (secondary N) is 1. The van der Waals surface area contributed by atoms with Gasteiger partial charge in [0, 0.05) is 12.7 Å². The molecule has 2 heterocycles. The number of amides is 1. The van der Waals surface area contributed by atoms with Gasteiger partial charge in [-0.2, -0.15) is 0 Å². The number of anilines is 1. The zero-order valence-electron chi connectivity index (χ0n) is 11.4. The minimum absolute atomic E-state index is 0.0421. The van der Waals surface area contributed by atoms with E-state index in [1.807, 2.05) is 25.8 Å². The zero-order chi connectivity index (χ0) is 14.9. The number of nitrogens with zero attached hydrogens (tertiary/aromatic N) is 3. The van der Waals surface area contributed by atoms with Crippen molar-refractivity contribution in [2.75, 3.05) is 12.4 Å². The standard InChI is InChI=1S/C13H15ClN4O2/c1-7-4-10(19)11(8(2)18(7)3)12(20)17-13-15-5-9(14)6-16-13/h4-6,8,19H,1-3H3,(H,15,16,17,20). The molecule has 1 aliphatic heterocycles. The molecular weight excluding hydrogens is 280 g/mol. The molecule has 0 saturated carbocycles. The summed E-state index contributed by atoms with van der Waals surface area (Å²) in [7, 11) is 1.86. The highest BCUT2D eigenvalue weighted by molar-refractivity contribution is 6.30. The van der Waals surface area contributed by atoms with Crippen LogP contribution >= 0.6 is 11.6 Å². The summed E-state index contributed by atoms with van der Waals surface area (Å²) < 4.78 is 0. The minimum atomic E-state index is -0.437. The Balaban J connectivity index is 2.24. The molecule has 0 saturated heterocycles. The van der Waals surface area contributed by atoms with Crippen molar-refractivity contribution in [3.8, 4) is 0 Å². The molecule has 2 N–H and O–H groups in total. The molecule has 0 spiro atoms. The van der Waals surface area contributed by atoms with Crippen molar-refractivity contribution in [2.24, 2.45) is 0 Å². The van der Waals surface area contributed by atoms with Crippen LogP contribution in [0.1, 0.15) is 13.8 Å². The molecule has 1 aromatic rings. The maximum atomic E-state index is 12.2. The van der Waals surface area contributed by atoms with Crippen LogP contribution < -0.4 is 5.32 Å². The number of hydrogen-bond acceptors (Lipinski definition) is 5. The molecule has 0 aromatic carbocycles. The number of halogens is 1. The Morgan fingerprint density at radius 1 is 1.45 bits per heavy atom. The van der Waals surface area contributed by atoms with Crippen LogP contribution in [-0.2, 0) is 4.79 Å². The van der Waals surface area contributed by atoms with Crippen molar-refractivity contribution >= 4 is 23.5 Å². The number of hydrogen-bond donors (Lipinski definition) is 2. The van der Waals surface area contributed by atoms with Crippen molar-refractivity contribution in [3.05, 3.63) is 40.5 Å². The monoisotopic (exact) mass is 294 g/mol. The largest absolute Gasteiger partial charge is 0.507 e. The van der Waals surface area contributed by atoms with Gasteiger partial charge >= 0.3 is 0 Å². The second-order valence-corrected chi connectivity index (χ2v) is 4.99. The summed E-state index contributed by atoms with van der Waals surface area (Å²) in [5.41, 5.74) is 1.16. The smallest absolute Gasteiger partial charge is 0.259 e. The van der Waals surface area contributed by atoms with Crippen LogP contribution in [0, 0.1) is 0 Å². The molecule has 0 fully saturated rings. The Hall–Kier alpha value is -2.08. The fourth-order valence-electron chi connectivity index (χ4n) is 1.94. The van der Waals surface area contributed by atoms with E-state index in [-0.39, 0.29) is 23.3 Å². The fraction of sp³-hybridized carbons (Fsp3) is 0.308. The number of aliphatic hydroxyl groups is 1. The van der Waals surface area contributed by atoms with E-state index in [1.54, 1.807) is 6.08 Å². The average molecular weight is 295 g/mol. The van der Waals surface area contributed by atoms with E-state index in [1.165, 1.54) is 12.4 Å². The molecule has 1 aromatic heterocycles. The number of carbonyl (C=O) groups excluding carboxylic acids is 1. The lowest BCUT2D eigenvalue weighted by Crippen LogP contribution is -2.37. The maximum Gasteiger partial charge on any atom is 0.259 e. The quantitative estimate of drug-likeness (QED) is 0.873. The molecule has 1 amide bonds. The summed E-state index contributed by atoms with van der Waals surface area (Å²) in [6.07, 6.45) is 4.33. The normalized spacial score (nSPS) is 18.9. The molecule has 6 nitrogen and oxygen atoms in total. The predicted molar refractivity (Wildman–Crippen MR) is 76.3 cm³/mol. The predicted octanol–water partition coefficient (Wildman–Crippen LogP) is 2.12. The molecule has 0 bridgehead atoms. The molecule has 1 aliphatic rings. The third-order valence-corrected chi connectivity index (χ3v) is 3.46. The van der Waals surface area contributed by atoms with Gasteiger partial charge in [0.1, 0.15) is 5.76 Å². The van der Waals surface area contributed by atoms with Gasteiger partial charge in [0.2, 0.25) is 5.95 Å². The van der Waals surface area contributed by atoms with Crippen LogP contribution in [0.4, 0.5) is 5.95 Å². The number of carbonyl (C=O) groups is 1. The second kappa shape index (κ2) is 5.50. The number of aliphatic hydroxyl groups excluding tert-OH is 1. The Bertz CT molecular complexity index is 595. The number of allylic oxidation sites excluding steroid dienone is 2. The van der Waals surface area contributed by atoms with Gasteiger partial charge in [0.25, 0.3) is 5.91 Å².